The Hall–Kier alpha value is -1.74. The Kier molecular flexibility index (Phi) is 3.17. The molecule has 0 aliphatic rings. The van der Waals surface area contributed by atoms with Crippen LogP contribution in [0.2, 0.25) is 5.15 Å². The molecule has 1 heterocycles. The second kappa shape index (κ2) is 4.19. The van der Waals surface area contributed by atoms with Gasteiger partial charge in [-0.1, -0.05) is 11.6 Å². The van der Waals surface area contributed by atoms with Crippen LogP contribution in [0.25, 0.3) is 0 Å². The summed E-state index contributed by atoms with van der Waals surface area (Å²) >= 11 is 5.39. The highest BCUT2D eigenvalue weighted by Gasteiger charge is 2.23. The van der Waals surface area contributed by atoms with Crippen LogP contribution < -0.4 is 0 Å². The Labute approximate surface area is 87.7 Å². The third kappa shape index (κ3) is 2.02. The molecule has 15 heavy (non-hydrogen) atoms. The number of rotatable bonds is 2. The van der Waals surface area contributed by atoms with E-state index in [1.807, 2.05) is 0 Å². The number of aromatic carboxylic acids is 1. The van der Waals surface area contributed by atoms with Gasteiger partial charge < -0.3 is 5.11 Å². The lowest BCUT2D eigenvalue weighted by atomic mass is 10.1. The summed E-state index contributed by atoms with van der Waals surface area (Å²) in [7, 11) is 0. The molecule has 7 heteroatoms. The molecule has 1 N–H and O–H groups in total. The van der Waals surface area contributed by atoms with E-state index in [2.05, 4.69) is 4.98 Å². The van der Waals surface area contributed by atoms with Gasteiger partial charge in [0.05, 0.1) is 11.1 Å². The van der Waals surface area contributed by atoms with Crippen LogP contribution in [-0.2, 0) is 0 Å². The van der Waals surface area contributed by atoms with Gasteiger partial charge in [0.2, 0.25) is 0 Å². The zero-order valence-electron chi connectivity index (χ0n) is 7.04. The Morgan fingerprint density at radius 1 is 1.67 bits per heavy atom. The highest BCUT2D eigenvalue weighted by molar-refractivity contribution is 6.32. The van der Waals surface area contributed by atoms with Gasteiger partial charge in [-0.3, -0.25) is 0 Å². The highest BCUT2D eigenvalue weighted by atomic mass is 35.5. The molecule has 0 spiro atoms. The van der Waals surface area contributed by atoms with Gasteiger partial charge >= 0.3 is 5.97 Å². The first-order valence-electron chi connectivity index (χ1n) is 3.59. The predicted octanol–water partition coefficient (Wildman–Crippen LogP) is 2.24. The van der Waals surface area contributed by atoms with Crippen LogP contribution >= 0.6 is 11.6 Å². The summed E-state index contributed by atoms with van der Waals surface area (Å²) in [4.78, 5) is 13.9. The van der Waals surface area contributed by atoms with Crippen molar-refractivity contribution in [1.29, 1.82) is 5.26 Å². The average Bonchev–Trinajstić information content (AvgIpc) is 2.15. The van der Waals surface area contributed by atoms with Gasteiger partial charge in [-0.2, -0.15) is 5.26 Å². The lowest BCUT2D eigenvalue weighted by Crippen LogP contribution is -2.06. The minimum Gasteiger partial charge on any atom is -0.478 e. The molecule has 0 amide bonds. The van der Waals surface area contributed by atoms with E-state index in [0.717, 1.165) is 0 Å². The molecule has 0 bridgehead atoms. The van der Waals surface area contributed by atoms with Gasteiger partial charge in [0, 0.05) is 6.20 Å². The average molecular weight is 233 g/mol. The number of aromatic nitrogens is 1. The lowest BCUT2D eigenvalue weighted by Gasteiger charge is -2.05. The Morgan fingerprint density at radius 3 is 2.67 bits per heavy atom. The molecule has 0 unspecified atom stereocenters. The molecule has 0 aromatic carbocycles. The summed E-state index contributed by atoms with van der Waals surface area (Å²) in [5.74, 6) is -1.56. The number of carboxylic acid groups (broad SMARTS) is 1. The van der Waals surface area contributed by atoms with Crippen LogP contribution in [-0.4, -0.2) is 16.1 Å². The van der Waals surface area contributed by atoms with Crippen molar-refractivity contribution in [2.45, 2.75) is 6.43 Å². The second-order valence-corrected chi connectivity index (χ2v) is 2.83. The number of halogens is 3. The van der Waals surface area contributed by atoms with Crippen molar-refractivity contribution < 1.29 is 18.7 Å². The van der Waals surface area contributed by atoms with Crippen molar-refractivity contribution in [3.05, 3.63) is 28.0 Å². The molecule has 0 saturated carbocycles. The Bertz CT molecular complexity index is 457. The first-order chi connectivity index (χ1) is 6.99. The van der Waals surface area contributed by atoms with E-state index in [-0.39, 0.29) is 0 Å². The molecule has 1 aromatic rings. The fourth-order valence-electron chi connectivity index (χ4n) is 0.984. The van der Waals surface area contributed by atoms with Crippen LogP contribution in [0.15, 0.2) is 6.20 Å². The van der Waals surface area contributed by atoms with Crippen molar-refractivity contribution in [3.8, 4) is 6.07 Å². The minimum absolute atomic E-state index is 0.483. The van der Waals surface area contributed by atoms with Gasteiger partial charge in [-0.15, -0.1) is 0 Å². The maximum atomic E-state index is 12.4. The van der Waals surface area contributed by atoms with E-state index < -0.39 is 34.2 Å². The number of hydrogen-bond donors (Lipinski definition) is 1. The fraction of sp³-hybridized carbons (Fsp3) is 0.125. The normalized spacial score (nSPS) is 10.1. The van der Waals surface area contributed by atoms with Gasteiger partial charge in [0.1, 0.15) is 16.8 Å². The van der Waals surface area contributed by atoms with Crippen LogP contribution in [0.4, 0.5) is 8.78 Å². The van der Waals surface area contributed by atoms with Crippen molar-refractivity contribution in [2.75, 3.05) is 0 Å². The van der Waals surface area contributed by atoms with Crippen molar-refractivity contribution >= 4 is 17.6 Å². The molecule has 0 saturated heterocycles. The number of carboxylic acids is 1. The number of nitrogens with zero attached hydrogens (tertiary/aromatic N) is 2. The third-order valence-corrected chi connectivity index (χ3v) is 1.91. The molecule has 0 aliphatic carbocycles. The second-order valence-electron chi connectivity index (χ2n) is 2.47. The van der Waals surface area contributed by atoms with Crippen molar-refractivity contribution in [1.82, 2.24) is 4.98 Å². The minimum atomic E-state index is -2.97. The Morgan fingerprint density at radius 2 is 2.27 bits per heavy atom. The van der Waals surface area contributed by atoms with E-state index in [0.29, 0.717) is 6.20 Å². The van der Waals surface area contributed by atoms with E-state index in [4.69, 9.17) is 22.0 Å². The van der Waals surface area contributed by atoms with E-state index in [1.54, 1.807) is 0 Å². The van der Waals surface area contributed by atoms with Gasteiger partial charge in [-0.25, -0.2) is 18.6 Å². The summed E-state index contributed by atoms with van der Waals surface area (Å²) < 4.78 is 24.7. The summed E-state index contributed by atoms with van der Waals surface area (Å²) in [6.07, 6.45) is -2.28. The van der Waals surface area contributed by atoms with Crippen molar-refractivity contribution in [3.63, 3.8) is 0 Å². The molecule has 1 rings (SSSR count). The summed E-state index contributed by atoms with van der Waals surface area (Å²) in [6.45, 7) is 0. The zero-order valence-corrected chi connectivity index (χ0v) is 7.79. The van der Waals surface area contributed by atoms with E-state index >= 15 is 0 Å². The molecule has 0 radical (unpaired) electrons. The molecule has 0 fully saturated rings. The monoisotopic (exact) mass is 232 g/mol. The molecule has 78 valence electrons. The van der Waals surface area contributed by atoms with Crippen LogP contribution in [0.3, 0.4) is 0 Å². The maximum Gasteiger partial charge on any atom is 0.340 e. The van der Waals surface area contributed by atoms with Crippen molar-refractivity contribution in [2.24, 2.45) is 0 Å². The largest absolute Gasteiger partial charge is 0.478 e. The molecular formula is C8H3ClF2N2O2. The predicted molar refractivity (Wildman–Crippen MR) is 45.9 cm³/mol. The maximum absolute atomic E-state index is 12.4. The van der Waals surface area contributed by atoms with E-state index in [9.17, 15) is 13.6 Å². The van der Waals surface area contributed by atoms with Gasteiger partial charge in [0.15, 0.2) is 0 Å². The number of hydrogen-bond acceptors (Lipinski definition) is 3. The topological polar surface area (TPSA) is 74.0 Å². The fourth-order valence-corrected chi connectivity index (χ4v) is 1.21. The highest BCUT2D eigenvalue weighted by Crippen LogP contribution is 2.27. The molecule has 1 aromatic heterocycles. The molecule has 0 atom stereocenters. The van der Waals surface area contributed by atoms with E-state index in [1.165, 1.54) is 6.07 Å². The molecule has 0 aliphatic heterocycles. The lowest BCUT2D eigenvalue weighted by molar-refractivity contribution is 0.0695. The van der Waals surface area contributed by atoms with Gasteiger partial charge in [-0.05, 0) is 0 Å². The number of nitriles is 1. The number of alkyl halides is 2. The SMILES string of the molecule is N#Cc1c(C(F)F)cnc(Cl)c1C(=O)O. The zero-order chi connectivity index (χ0) is 11.6. The van der Waals surface area contributed by atoms with Gasteiger partial charge in [0.25, 0.3) is 6.43 Å². The first kappa shape index (κ1) is 11.3. The standard InChI is InChI=1S/C8H3ClF2N2O2/c9-6-5(8(14)15)3(1-12)4(2-13-6)7(10)11/h2,7H,(H,14,15). The summed E-state index contributed by atoms with van der Waals surface area (Å²) in [5, 5.41) is 16.8. The first-order valence-corrected chi connectivity index (χ1v) is 3.96. The third-order valence-electron chi connectivity index (χ3n) is 1.62. The van der Waals surface area contributed by atoms with Crippen LogP contribution in [0.5, 0.6) is 0 Å². The van der Waals surface area contributed by atoms with Crippen LogP contribution in [0.1, 0.15) is 27.9 Å². The number of pyridine rings is 1. The molecule has 4 nitrogen and oxygen atoms in total. The van der Waals surface area contributed by atoms with Crippen LogP contribution in [0, 0.1) is 11.3 Å². The smallest absolute Gasteiger partial charge is 0.340 e. The summed E-state index contributed by atoms with van der Waals surface area (Å²) in [5.41, 5.74) is -2.09. The molecular weight excluding hydrogens is 230 g/mol. The number of carbonyl (C=O) groups is 1. The Balaban J connectivity index is 3.56. The quantitative estimate of drug-likeness (QED) is 0.794. The summed E-state index contributed by atoms with van der Waals surface area (Å²) in [6, 6.07) is 1.38.